The summed E-state index contributed by atoms with van der Waals surface area (Å²) >= 11 is 0. The fraction of sp³-hybridized carbons (Fsp3) is 0.118. The van der Waals surface area contributed by atoms with E-state index in [0.29, 0.717) is 11.3 Å². The van der Waals surface area contributed by atoms with E-state index in [2.05, 4.69) is 10.1 Å². The maximum Gasteiger partial charge on any atom is 0.258 e. The first-order valence-electron chi connectivity index (χ1n) is 7.05. The van der Waals surface area contributed by atoms with Gasteiger partial charge in [0.15, 0.2) is 0 Å². The van der Waals surface area contributed by atoms with Crippen LogP contribution in [0.4, 0.5) is 0 Å². The zero-order valence-electron chi connectivity index (χ0n) is 12.3. The molecule has 5 nitrogen and oxygen atoms in total. The van der Waals surface area contributed by atoms with Crippen molar-refractivity contribution in [1.29, 1.82) is 0 Å². The second-order valence-corrected chi connectivity index (χ2v) is 5.44. The summed E-state index contributed by atoms with van der Waals surface area (Å²) in [5, 5.41) is 5.39. The minimum absolute atomic E-state index is 0.0741. The Bertz CT molecular complexity index is 1080. The second-order valence-electron chi connectivity index (χ2n) is 5.44. The van der Waals surface area contributed by atoms with Crippen molar-refractivity contribution in [3.8, 4) is 11.3 Å². The predicted octanol–water partition coefficient (Wildman–Crippen LogP) is 2.56. The number of benzene rings is 1. The van der Waals surface area contributed by atoms with Crippen LogP contribution >= 0.6 is 0 Å². The molecule has 0 amide bonds. The van der Waals surface area contributed by atoms with Gasteiger partial charge in [0.25, 0.3) is 5.56 Å². The molecule has 0 unspecified atom stereocenters. The summed E-state index contributed by atoms with van der Waals surface area (Å²) in [4.78, 5) is 17.0. The molecule has 3 heterocycles. The summed E-state index contributed by atoms with van der Waals surface area (Å²) in [5.74, 6) is 0. The normalized spacial score (nSPS) is 11.4. The highest BCUT2D eigenvalue weighted by atomic mass is 16.1. The maximum atomic E-state index is 12.3. The Morgan fingerprint density at radius 1 is 1.14 bits per heavy atom. The van der Waals surface area contributed by atoms with Gasteiger partial charge in [-0.05, 0) is 30.7 Å². The number of aryl methyl sites for hydroxylation is 2. The van der Waals surface area contributed by atoms with Crippen LogP contribution < -0.4 is 5.56 Å². The molecule has 4 aromatic rings. The lowest BCUT2D eigenvalue weighted by molar-refractivity contribution is 0.780. The molecular weight excluding hydrogens is 276 g/mol. The van der Waals surface area contributed by atoms with E-state index in [-0.39, 0.29) is 5.56 Å². The van der Waals surface area contributed by atoms with E-state index in [1.54, 1.807) is 21.3 Å². The smallest absolute Gasteiger partial charge is 0.258 e. The van der Waals surface area contributed by atoms with E-state index in [1.165, 1.54) is 0 Å². The Labute approximate surface area is 126 Å². The third-order valence-corrected chi connectivity index (χ3v) is 3.80. The van der Waals surface area contributed by atoms with Gasteiger partial charge < -0.3 is 0 Å². The summed E-state index contributed by atoms with van der Waals surface area (Å²) < 4.78 is 3.35. The lowest BCUT2D eigenvalue weighted by Gasteiger charge is -2.06. The summed E-state index contributed by atoms with van der Waals surface area (Å²) in [7, 11) is 1.89. The van der Waals surface area contributed by atoms with Gasteiger partial charge in [0.1, 0.15) is 5.65 Å². The average Bonchev–Trinajstić information content (AvgIpc) is 2.87. The van der Waals surface area contributed by atoms with Crippen LogP contribution in [0.1, 0.15) is 5.56 Å². The van der Waals surface area contributed by atoms with Crippen molar-refractivity contribution in [1.82, 2.24) is 19.2 Å². The zero-order valence-corrected chi connectivity index (χ0v) is 12.3. The fourth-order valence-electron chi connectivity index (χ4n) is 2.72. The van der Waals surface area contributed by atoms with Crippen LogP contribution in [0.3, 0.4) is 0 Å². The molecule has 0 spiro atoms. The highest BCUT2D eigenvalue weighted by Gasteiger charge is 2.08. The zero-order chi connectivity index (χ0) is 15.3. The Morgan fingerprint density at radius 3 is 2.86 bits per heavy atom. The molecule has 108 valence electrons. The van der Waals surface area contributed by atoms with Crippen LogP contribution in [0.15, 0.2) is 53.6 Å². The lowest BCUT2D eigenvalue weighted by Crippen LogP contribution is -2.14. The van der Waals surface area contributed by atoms with Gasteiger partial charge in [-0.2, -0.15) is 5.10 Å². The van der Waals surface area contributed by atoms with Crippen LogP contribution in [0.2, 0.25) is 0 Å². The molecule has 0 saturated heterocycles. The summed E-state index contributed by atoms with van der Waals surface area (Å²) in [5.41, 5.74) is 4.13. The largest absolute Gasteiger partial charge is 0.275 e. The molecule has 0 aliphatic carbocycles. The number of pyridine rings is 1. The Kier molecular flexibility index (Phi) is 2.63. The summed E-state index contributed by atoms with van der Waals surface area (Å²) in [6.45, 7) is 1.95. The van der Waals surface area contributed by atoms with Gasteiger partial charge in [0, 0.05) is 36.5 Å². The molecule has 0 aliphatic heterocycles. The lowest BCUT2D eigenvalue weighted by atomic mass is 10.1. The van der Waals surface area contributed by atoms with Crippen molar-refractivity contribution in [2.45, 2.75) is 6.92 Å². The molecular formula is C17H14N4O. The van der Waals surface area contributed by atoms with E-state index in [0.717, 1.165) is 22.0 Å². The number of hydrogen-bond donors (Lipinski definition) is 0. The van der Waals surface area contributed by atoms with Crippen LogP contribution in [0.5, 0.6) is 0 Å². The van der Waals surface area contributed by atoms with Gasteiger partial charge in [-0.3, -0.25) is 13.9 Å². The molecule has 1 aromatic carbocycles. The van der Waals surface area contributed by atoms with Crippen molar-refractivity contribution < 1.29 is 0 Å². The maximum absolute atomic E-state index is 12.3. The number of rotatable bonds is 1. The third kappa shape index (κ3) is 1.90. The minimum atomic E-state index is -0.0741. The van der Waals surface area contributed by atoms with Gasteiger partial charge in [-0.1, -0.05) is 12.1 Å². The molecule has 0 saturated carbocycles. The first kappa shape index (κ1) is 12.8. The SMILES string of the molecule is Cc1cccn2c(=O)cc(-c3ccc4nn(C)cc4c3)nc12. The number of fused-ring (bicyclic) bond motifs is 2. The number of aromatic nitrogens is 4. The predicted molar refractivity (Wildman–Crippen MR) is 85.9 cm³/mol. The second kappa shape index (κ2) is 4.53. The summed E-state index contributed by atoms with van der Waals surface area (Å²) in [6.07, 6.45) is 3.70. The third-order valence-electron chi connectivity index (χ3n) is 3.80. The standard InChI is InChI=1S/C17H14N4O/c1-11-4-3-7-21-16(22)9-15(18-17(11)21)12-5-6-14-13(8-12)10-20(2)19-14/h3-10H,1-2H3. The number of nitrogens with zero attached hydrogens (tertiary/aromatic N) is 4. The quantitative estimate of drug-likeness (QED) is 0.541. The minimum Gasteiger partial charge on any atom is -0.275 e. The Hall–Kier alpha value is -2.95. The van der Waals surface area contributed by atoms with E-state index in [9.17, 15) is 4.79 Å². The molecule has 0 bridgehead atoms. The van der Waals surface area contributed by atoms with E-state index in [4.69, 9.17) is 0 Å². The molecule has 3 aromatic heterocycles. The van der Waals surface area contributed by atoms with Crippen LogP contribution in [-0.4, -0.2) is 19.2 Å². The summed E-state index contributed by atoms with van der Waals surface area (Å²) in [6, 6.07) is 11.3. The van der Waals surface area contributed by atoms with Crippen molar-refractivity contribution in [2.24, 2.45) is 7.05 Å². The molecule has 4 rings (SSSR count). The van der Waals surface area contributed by atoms with Crippen LogP contribution in [0, 0.1) is 6.92 Å². The van der Waals surface area contributed by atoms with Gasteiger partial charge in [-0.25, -0.2) is 4.98 Å². The van der Waals surface area contributed by atoms with Crippen LogP contribution in [0.25, 0.3) is 27.8 Å². The van der Waals surface area contributed by atoms with Crippen molar-refractivity contribution in [2.75, 3.05) is 0 Å². The van der Waals surface area contributed by atoms with E-state index >= 15 is 0 Å². The van der Waals surface area contributed by atoms with Crippen LogP contribution in [-0.2, 0) is 7.05 Å². The van der Waals surface area contributed by atoms with Gasteiger partial charge in [0.2, 0.25) is 0 Å². The van der Waals surface area contributed by atoms with E-state index in [1.807, 2.05) is 50.5 Å². The number of hydrogen-bond acceptors (Lipinski definition) is 3. The van der Waals surface area contributed by atoms with Crippen molar-refractivity contribution >= 4 is 16.6 Å². The highest BCUT2D eigenvalue weighted by Crippen LogP contribution is 2.22. The fourth-order valence-corrected chi connectivity index (χ4v) is 2.72. The average molecular weight is 290 g/mol. The van der Waals surface area contributed by atoms with Crippen molar-refractivity contribution in [3.05, 3.63) is 64.7 Å². The molecule has 0 fully saturated rings. The first-order chi connectivity index (χ1) is 10.6. The molecule has 22 heavy (non-hydrogen) atoms. The van der Waals surface area contributed by atoms with Gasteiger partial charge in [0.05, 0.1) is 11.2 Å². The molecule has 0 radical (unpaired) electrons. The van der Waals surface area contributed by atoms with Gasteiger partial charge >= 0.3 is 0 Å². The monoisotopic (exact) mass is 290 g/mol. The van der Waals surface area contributed by atoms with Crippen molar-refractivity contribution in [3.63, 3.8) is 0 Å². The van der Waals surface area contributed by atoms with E-state index < -0.39 is 0 Å². The first-order valence-corrected chi connectivity index (χ1v) is 7.05. The molecule has 0 atom stereocenters. The topological polar surface area (TPSA) is 52.2 Å². The molecule has 0 aliphatic rings. The molecule has 5 heteroatoms. The molecule has 0 N–H and O–H groups in total. The highest BCUT2D eigenvalue weighted by molar-refractivity contribution is 5.83. The Morgan fingerprint density at radius 2 is 2.00 bits per heavy atom. The van der Waals surface area contributed by atoms with Gasteiger partial charge in [-0.15, -0.1) is 0 Å². The Balaban J connectivity index is 1.99.